The molecule has 4 unspecified atom stereocenters. The Kier molecular flexibility index (Phi) is 5.65. The summed E-state index contributed by atoms with van der Waals surface area (Å²) in [5.41, 5.74) is 5.84. The van der Waals surface area contributed by atoms with Crippen molar-refractivity contribution in [2.24, 2.45) is 11.7 Å². The van der Waals surface area contributed by atoms with Crippen LogP contribution >= 0.6 is 0 Å². The molecule has 4 atom stereocenters. The maximum atomic E-state index is 12.9. The molecule has 6 nitrogen and oxygen atoms in total. The van der Waals surface area contributed by atoms with Gasteiger partial charge in [-0.1, -0.05) is 12.8 Å². The van der Waals surface area contributed by atoms with Gasteiger partial charge in [-0.3, -0.25) is 0 Å². The molecule has 7 heteroatoms. The number of ether oxygens (including phenoxy) is 1. The Balaban J connectivity index is 2.13. The zero-order valence-electron chi connectivity index (χ0n) is 13.4. The highest BCUT2D eigenvalue weighted by Crippen LogP contribution is 2.30. The minimum absolute atomic E-state index is 0.0298. The van der Waals surface area contributed by atoms with Crippen LogP contribution < -0.4 is 5.73 Å². The van der Waals surface area contributed by atoms with Crippen LogP contribution in [0, 0.1) is 5.92 Å². The highest BCUT2D eigenvalue weighted by molar-refractivity contribution is 7.86. The fourth-order valence-electron chi connectivity index (χ4n) is 3.61. The molecule has 1 saturated carbocycles. The van der Waals surface area contributed by atoms with Gasteiger partial charge in [0, 0.05) is 26.2 Å². The first-order valence-electron chi connectivity index (χ1n) is 7.95. The number of nitrogens with two attached hydrogens (primary N) is 1. The molecule has 21 heavy (non-hydrogen) atoms. The number of rotatable bonds is 4. The van der Waals surface area contributed by atoms with Crippen molar-refractivity contribution in [1.29, 1.82) is 0 Å². The second-order valence-corrected chi connectivity index (χ2v) is 8.43. The van der Waals surface area contributed by atoms with Crippen molar-refractivity contribution in [2.45, 2.75) is 57.8 Å². The Morgan fingerprint density at radius 1 is 1.19 bits per heavy atom. The largest absolute Gasteiger partial charge is 0.373 e. The summed E-state index contributed by atoms with van der Waals surface area (Å²) >= 11 is 0. The van der Waals surface area contributed by atoms with E-state index in [0.717, 1.165) is 25.7 Å². The van der Waals surface area contributed by atoms with E-state index in [1.165, 1.54) is 0 Å². The zero-order chi connectivity index (χ0) is 15.6. The molecular weight excluding hydrogens is 290 g/mol. The van der Waals surface area contributed by atoms with Gasteiger partial charge < -0.3 is 10.5 Å². The second kappa shape index (κ2) is 6.91. The molecular formula is C14H29N3O3S. The van der Waals surface area contributed by atoms with Crippen molar-refractivity contribution in [1.82, 2.24) is 8.61 Å². The average molecular weight is 319 g/mol. The molecule has 0 aromatic heterocycles. The number of nitrogens with zero attached hydrogens (tertiary/aromatic N) is 2. The average Bonchev–Trinajstić information content (AvgIpc) is 2.45. The van der Waals surface area contributed by atoms with Gasteiger partial charge in [-0.25, -0.2) is 0 Å². The summed E-state index contributed by atoms with van der Waals surface area (Å²) in [7, 11) is -1.73. The van der Waals surface area contributed by atoms with Crippen molar-refractivity contribution in [3.05, 3.63) is 0 Å². The van der Waals surface area contributed by atoms with Crippen LogP contribution in [0.1, 0.15) is 39.5 Å². The number of hydrogen-bond donors (Lipinski definition) is 1. The Labute approximate surface area is 128 Å². The van der Waals surface area contributed by atoms with Gasteiger partial charge in [-0.05, 0) is 39.2 Å². The number of hydrogen-bond acceptors (Lipinski definition) is 4. The quantitative estimate of drug-likeness (QED) is 0.831. The van der Waals surface area contributed by atoms with Crippen molar-refractivity contribution in [2.75, 3.05) is 26.7 Å². The smallest absolute Gasteiger partial charge is 0.282 e. The molecule has 1 heterocycles. The molecule has 0 spiro atoms. The van der Waals surface area contributed by atoms with E-state index in [9.17, 15) is 8.42 Å². The van der Waals surface area contributed by atoms with Gasteiger partial charge in [0.25, 0.3) is 10.2 Å². The van der Waals surface area contributed by atoms with E-state index in [0.29, 0.717) is 19.6 Å². The van der Waals surface area contributed by atoms with Crippen LogP contribution in [0.4, 0.5) is 0 Å². The van der Waals surface area contributed by atoms with Gasteiger partial charge in [0.05, 0.1) is 12.2 Å². The van der Waals surface area contributed by atoms with Crippen molar-refractivity contribution in [3.63, 3.8) is 0 Å². The molecule has 2 N–H and O–H groups in total. The number of morpholine rings is 1. The molecule has 2 rings (SSSR count). The Hall–Kier alpha value is -0.210. The lowest BCUT2D eigenvalue weighted by Gasteiger charge is -2.41. The van der Waals surface area contributed by atoms with Gasteiger partial charge in [0.15, 0.2) is 0 Å². The van der Waals surface area contributed by atoms with Crippen LogP contribution in [0.5, 0.6) is 0 Å². The predicted octanol–water partition coefficient (Wildman–Crippen LogP) is 0.790. The Morgan fingerprint density at radius 3 is 2.33 bits per heavy atom. The van der Waals surface area contributed by atoms with Crippen molar-refractivity contribution in [3.8, 4) is 0 Å². The third kappa shape index (κ3) is 3.76. The van der Waals surface area contributed by atoms with Crippen LogP contribution in [0.3, 0.4) is 0 Å². The van der Waals surface area contributed by atoms with Gasteiger partial charge in [-0.2, -0.15) is 17.0 Å². The Bertz CT molecular complexity index is 433. The fourth-order valence-corrected chi connectivity index (χ4v) is 5.39. The highest BCUT2D eigenvalue weighted by Gasteiger charge is 2.39. The van der Waals surface area contributed by atoms with E-state index < -0.39 is 10.2 Å². The molecule has 2 aliphatic rings. The lowest BCUT2D eigenvalue weighted by atomic mass is 9.85. The summed E-state index contributed by atoms with van der Waals surface area (Å²) in [5.74, 6) is 0.273. The molecule has 1 aliphatic carbocycles. The lowest BCUT2D eigenvalue weighted by molar-refractivity contribution is -0.0458. The van der Waals surface area contributed by atoms with Crippen LogP contribution in [0.2, 0.25) is 0 Å². The molecule has 0 aromatic carbocycles. The summed E-state index contributed by atoms with van der Waals surface area (Å²) in [5, 5.41) is 0. The highest BCUT2D eigenvalue weighted by atomic mass is 32.2. The van der Waals surface area contributed by atoms with Gasteiger partial charge in [0.1, 0.15) is 0 Å². The van der Waals surface area contributed by atoms with Gasteiger partial charge in [-0.15, -0.1) is 0 Å². The summed E-state index contributed by atoms with van der Waals surface area (Å²) in [6, 6.07) is 0.0298. The standard InChI is InChI=1S/C14H29N3O3S/c1-11-9-17(10-12(2)20-11)21(18,19)16(3)14-7-5-4-6-13(14)8-15/h11-14H,4-10,15H2,1-3H3. The van der Waals surface area contributed by atoms with Crippen molar-refractivity contribution >= 4 is 10.2 Å². The van der Waals surface area contributed by atoms with Crippen LogP contribution in [-0.4, -0.2) is 62.0 Å². The van der Waals surface area contributed by atoms with E-state index in [2.05, 4.69) is 0 Å². The second-order valence-electron chi connectivity index (χ2n) is 6.45. The van der Waals surface area contributed by atoms with Crippen molar-refractivity contribution < 1.29 is 13.2 Å². The zero-order valence-corrected chi connectivity index (χ0v) is 14.2. The first-order valence-corrected chi connectivity index (χ1v) is 9.34. The lowest BCUT2D eigenvalue weighted by Crippen LogP contribution is -2.56. The van der Waals surface area contributed by atoms with Gasteiger partial charge >= 0.3 is 0 Å². The van der Waals surface area contributed by atoms with Crippen LogP contribution in [0.15, 0.2) is 0 Å². The fraction of sp³-hybridized carbons (Fsp3) is 1.00. The SMILES string of the molecule is CC1CN(S(=O)(=O)N(C)C2CCCCC2CN)CC(C)O1. The summed E-state index contributed by atoms with van der Waals surface area (Å²) in [4.78, 5) is 0. The molecule has 0 radical (unpaired) electrons. The minimum Gasteiger partial charge on any atom is -0.373 e. The molecule has 1 aliphatic heterocycles. The van der Waals surface area contributed by atoms with E-state index in [1.54, 1.807) is 15.7 Å². The van der Waals surface area contributed by atoms with E-state index in [1.807, 2.05) is 13.8 Å². The molecule has 124 valence electrons. The molecule has 2 fully saturated rings. The van der Waals surface area contributed by atoms with E-state index in [4.69, 9.17) is 10.5 Å². The maximum absolute atomic E-state index is 12.9. The predicted molar refractivity (Wildman–Crippen MR) is 83.1 cm³/mol. The normalized spacial score (nSPS) is 36.0. The van der Waals surface area contributed by atoms with E-state index >= 15 is 0 Å². The van der Waals surface area contributed by atoms with Crippen LogP contribution in [-0.2, 0) is 14.9 Å². The van der Waals surface area contributed by atoms with Gasteiger partial charge in [0.2, 0.25) is 0 Å². The van der Waals surface area contributed by atoms with Crippen LogP contribution in [0.25, 0.3) is 0 Å². The molecule has 0 bridgehead atoms. The third-order valence-electron chi connectivity index (χ3n) is 4.72. The summed E-state index contributed by atoms with van der Waals surface area (Å²) < 4.78 is 34.5. The summed E-state index contributed by atoms with van der Waals surface area (Å²) in [6.45, 7) is 5.25. The molecule has 0 amide bonds. The monoisotopic (exact) mass is 319 g/mol. The first-order chi connectivity index (χ1) is 9.86. The minimum atomic E-state index is -3.44. The third-order valence-corrected chi connectivity index (χ3v) is 6.66. The summed E-state index contributed by atoms with van der Waals surface area (Å²) in [6.07, 6.45) is 4.04. The topological polar surface area (TPSA) is 75.9 Å². The maximum Gasteiger partial charge on any atom is 0.282 e. The first kappa shape index (κ1) is 17.1. The van der Waals surface area contributed by atoms with E-state index in [-0.39, 0.29) is 24.2 Å². The molecule has 1 saturated heterocycles. The molecule has 0 aromatic rings. The Morgan fingerprint density at radius 2 is 1.76 bits per heavy atom.